The van der Waals surface area contributed by atoms with Gasteiger partial charge in [-0.15, -0.1) is 0 Å². The summed E-state index contributed by atoms with van der Waals surface area (Å²) in [6.07, 6.45) is 0.765. The molecule has 0 bridgehead atoms. The van der Waals surface area contributed by atoms with Crippen molar-refractivity contribution in [2.24, 2.45) is 0 Å². The van der Waals surface area contributed by atoms with Gasteiger partial charge in [-0.3, -0.25) is 9.82 Å². The van der Waals surface area contributed by atoms with Crippen LogP contribution in [0.15, 0.2) is 29.2 Å². The minimum absolute atomic E-state index is 0.104. The van der Waals surface area contributed by atoms with E-state index in [0.29, 0.717) is 24.7 Å². The van der Waals surface area contributed by atoms with Crippen molar-refractivity contribution in [2.45, 2.75) is 18.2 Å². The van der Waals surface area contributed by atoms with Crippen molar-refractivity contribution in [3.63, 3.8) is 0 Å². The first-order valence-electron chi connectivity index (χ1n) is 6.49. The van der Waals surface area contributed by atoms with Crippen molar-refractivity contribution >= 4 is 15.8 Å². The van der Waals surface area contributed by atoms with E-state index >= 15 is 0 Å². The number of hydrogen-bond donors (Lipinski definition) is 2. The fourth-order valence-corrected chi connectivity index (χ4v) is 2.98. The molecule has 0 amide bonds. The average molecular weight is 309 g/mol. The molecule has 2 aromatic rings. The molecule has 1 aliphatic rings. The molecule has 112 valence electrons. The summed E-state index contributed by atoms with van der Waals surface area (Å²) >= 11 is 0. The summed E-state index contributed by atoms with van der Waals surface area (Å²) in [6.45, 7) is 2.85. The minimum atomic E-state index is -3.71. The maximum atomic E-state index is 12.3. The number of hydrogen-bond acceptors (Lipinski definition) is 5. The van der Waals surface area contributed by atoms with Gasteiger partial charge in [-0.1, -0.05) is 0 Å². The smallest absolute Gasteiger partial charge is 0.263 e. The van der Waals surface area contributed by atoms with E-state index in [1.54, 1.807) is 19.1 Å². The second kappa shape index (κ2) is 5.28. The van der Waals surface area contributed by atoms with Crippen LogP contribution >= 0.6 is 0 Å². The van der Waals surface area contributed by atoms with E-state index in [0.717, 1.165) is 12.1 Å². The molecule has 1 aromatic heterocycles. The van der Waals surface area contributed by atoms with Crippen molar-refractivity contribution in [1.29, 1.82) is 0 Å². The van der Waals surface area contributed by atoms with E-state index in [2.05, 4.69) is 14.9 Å². The Bertz CT molecular complexity index is 755. The van der Waals surface area contributed by atoms with Crippen LogP contribution in [0.1, 0.15) is 12.1 Å². The molecule has 0 saturated heterocycles. The number of ether oxygens (including phenoxy) is 2. The number of sulfonamides is 1. The molecule has 0 atom stereocenters. The Hall–Kier alpha value is -2.22. The van der Waals surface area contributed by atoms with E-state index in [9.17, 15) is 8.42 Å². The number of fused-ring (bicyclic) bond motifs is 1. The number of aryl methyl sites for hydroxylation is 1. The summed E-state index contributed by atoms with van der Waals surface area (Å²) < 4.78 is 38.0. The molecule has 0 radical (unpaired) electrons. The zero-order valence-electron chi connectivity index (χ0n) is 11.4. The topological polar surface area (TPSA) is 93.3 Å². The van der Waals surface area contributed by atoms with E-state index in [-0.39, 0.29) is 10.7 Å². The Morgan fingerprint density at radius 3 is 2.67 bits per heavy atom. The standard InChI is InChI=1S/C13H15N3O4S/c1-9-7-13(15-14-9)16-21(17,18)10-3-4-11-12(8-10)20-6-2-5-19-11/h3-4,7-8H,2,5-6H2,1H3,(H2,14,15,16). The zero-order chi connectivity index (χ0) is 14.9. The van der Waals surface area contributed by atoms with Gasteiger partial charge >= 0.3 is 0 Å². The zero-order valence-corrected chi connectivity index (χ0v) is 12.2. The fourth-order valence-electron chi connectivity index (χ4n) is 1.98. The molecular formula is C13H15N3O4S. The van der Waals surface area contributed by atoms with Crippen molar-refractivity contribution < 1.29 is 17.9 Å². The van der Waals surface area contributed by atoms with Crippen LogP contribution in [0.4, 0.5) is 5.82 Å². The monoisotopic (exact) mass is 309 g/mol. The van der Waals surface area contributed by atoms with Gasteiger partial charge in [0.05, 0.1) is 18.1 Å². The molecule has 2 heterocycles. The van der Waals surface area contributed by atoms with Crippen LogP contribution in [0.2, 0.25) is 0 Å². The van der Waals surface area contributed by atoms with Crippen molar-refractivity contribution in [2.75, 3.05) is 17.9 Å². The van der Waals surface area contributed by atoms with Gasteiger partial charge < -0.3 is 9.47 Å². The Morgan fingerprint density at radius 1 is 1.19 bits per heavy atom. The molecule has 2 N–H and O–H groups in total. The third-order valence-corrected chi connectivity index (χ3v) is 4.33. The summed E-state index contributed by atoms with van der Waals surface area (Å²) in [4.78, 5) is 0.104. The van der Waals surface area contributed by atoms with Gasteiger partial charge in [0, 0.05) is 24.2 Å². The fraction of sp³-hybridized carbons (Fsp3) is 0.308. The van der Waals surface area contributed by atoms with Gasteiger partial charge in [-0.2, -0.15) is 5.10 Å². The maximum absolute atomic E-state index is 12.3. The Kier molecular flexibility index (Phi) is 3.46. The largest absolute Gasteiger partial charge is 0.490 e. The molecule has 7 nitrogen and oxygen atoms in total. The molecule has 0 spiro atoms. The second-order valence-electron chi connectivity index (χ2n) is 4.70. The number of rotatable bonds is 3. The van der Waals surface area contributed by atoms with Gasteiger partial charge in [0.1, 0.15) is 0 Å². The minimum Gasteiger partial charge on any atom is -0.490 e. The summed E-state index contributed by atoms with van der Waals surface area (Å²) in [5.74, 6) is 1.25. The highest BCUT2D eigenvalue weighted by Gasteiger charge is 2.19. The number of aromatic amines is 1. The van der Waals surface area contributed by atoms with Crippen LogP contribution in [0.25, 0.3) is 0 Å². The molecular weight excluding hydrogens is 294 g/mol. The molecule has 8 heteroatoms. The second-order valence-corrected chi connectivity index (χ2v) is 6.38. The molecule has 1 aromatic carbocycles. The first kappa shape index (κ1) is 13.7. The molecule has 1 aliphatic heterocycles. The van der Waals surface area contributed by atoms with E-state index in [1.165, 1.54) is 12.1 Å². The van der Waals surface area contributed by atoms with Gasteiger partial charge in [0.2, 0.25) is 0 Å². The summed E-state index contributed by atoms with van der Waals surface area (Å²) in [7, 11) is -3.71. The van der Waals surface area contributed by atoms with E-state index in [4.69, 9.17) is 9.47 Å². The lowest BCUT2D eigenvalue weighted by atomic mass is 10.3. The normalized spacial score (nSPS) is 14.5. The van der Waals surface area contributed by atoms with Crippen LogP contribution in [0.3, 0.4) is 0 Å². The maximum Gasteiger partial charge on any atom is 0.263 e. The first-order chi connectivity index (χ1) is 10.0. The number of anilines is 1. The molecule has 0 aliphatic carbocycles. The molecule has 21 heavy (non-hydrogen) atoms. The highest BCUT2D eigenvalue weighted by atomic mass is 32.2. The molecule has 3 rings (SSSR count). The lowest BCUT2D eigenvalue weighted by Gasteiger charge is -2.10. The van der Waals surface area contributed by atoms with Crippen LogP contribution in [0, 0.1) is 6.92 Å². The Morgan fingerprint density at radius 2 is 1.95 bits per heavy atom. The van der Waals surface area contributed by atoms with Crippen LogP contribution in [-0.4, -0.2) is 31.8 Å². The number of aromatic nitrogens is 2. The number of benzene rings is 1. The quantitative estimate of drug-likeness (QED) is 0.899. The Balaban J connectivity index is 1.90. The first-order valence-corrected chi connectivity index (χ1v) is 7.97. The Labute approximate surface area is 122 Å². The third kappa shape index (κ3) is 2.94. The average Bonchev–Trinajstić information content (AvgIpc) is 2.72. The van der Waals surface area contributed by atoms with Crippen molar-refractivity contribution in [3.8, 4) is 11.5 Å². The molecule has 0 fully saturated rings. The highest BCUT2D eigenvalue weighted by molar-refractivity contribution is 7.92. The third-order valence-electron chi connectivity index (χ3n) is 2.97. The van der Waals surface area contributed by atoms with Gasteiger partial charge in [0.25, 0.3) is 10.0 Å². The molecule has 0 saturated carbocycles. The van der Waals surface area contributed by atoms with Crippen molar-refractivity contribution in [1.82, 2.24) is 10.2 Å². The predicted octanol–water partition coefficient (Wildman–Crippen LogP) is 1.68. The van der Waals surface area contributed by atoms with Crippen LogP contribution in [-0.2, 0) is 10.0 Å². The lowest BCUT2D eigenvalue weighted by molar-refractivity contribution is 0.297. The van der Waals surface area contributed by atoms with E-state index in [1.807, 2.05) is 0 Å². The van der Waals surface area contributed by atoms with E-state index < -0.39 is 10.0 Å². The molecule has 0 unspecified atom stereocenters. The number of H-pyrrole nitrogens is 1. The SMILES string of the molecule is Cc1cc(NS(=O)(=O)c2ccc3c(c2)OCCCO3)n[nH]1. The number of nitrogens with one attached hydrogen (secondary N) is 2. The van der Waals surface area contributed by atoms with Crippen LogP contribution in [0.5, 0.6) is 11.5 Å². The van der Waals surface area contributed by atoms with Gasteiger partial charge in [0.15, 0.2) is 17.3 Å². The number of nitrogens with zero attached hydrogens (tertiary/aromatic N) is 1. The predicted molar refractivity (Wildman–Crippen MR) is 76.2 cm³/mol. The summed E-state index contributed by atoms with van der Waals surface area (Å²) in [5.41, 5.74) is 0.770. The van der Waals surface area contributed by atoms with Crippen LogP contribution < -0.4 is 14.2 Å². The van der Waals surface area contributed by atoms with Gasteiger partial charge in [-0.25, -0.2) is 8.42 Å². The lowest BCUT2D eigenvalue weighted by Crippen LogP contribution is -2.13. The highest BCUT2D eigenvalue weighted by Crippen LogP contribution is 2.32. The van der Waals surface area contributed by atoms with Crippen molar-refractivity contribution in [3.05, 3.63) is 30.0 Å². The van der Waals surface area contributed by atoms with Gasteiger partial charge in [-0.05, 0) is 19.1 Å². The summed E-state index contributed by atoms with van der Waals surface area (Å²) in [5, 5.41) is 6.54. The summed E-state index contributed by atoms with van der Waals surface area (Å²) in [6, 6.07) is 6.16.